The zero-order valence-corrected chi connectivity index (χ0v) is 18.0. The molecule has 6 heteroatoms. The number of aryl methyl sites for hydroxylation is 3. The summed E-state index contributed by atoms with van der Waals surface area (Å²) in [7, 11) is 1.67. The number of rotatable bonds is 10. The maximum absolute atomic E-state index is 10.6. The number of thioether (sulfide) groups is 1. The number of hydrogen-bond donors (Lipinski definition) is 0. The summed E-state index contributed by atoms with van der Waals surface area (Å²) in [5.41, 5.74) is 4.80. The van der Waals surface area contributed by atoms with Crippen LogP contribution in [0.4, 0.5) is 0 Å². The third kappa shape index (κ3) is 5.70. The highest BCUT2D eigenvalue weighted by atomic mass is 32.2. The Kier molecular flexibility index (Phi) is 7.47. The van der Waals surface area contributed by atoms with Gasteiger partial charge in [-0.2, -0.15) is 0 Å². The average Bonchev–Trinajstić information content (AvgIpc) is 3.12. The van der Waals surface area contributed by atoms with Gasteiger partial charge >= 0.3 is 0 Å². The second-order valence-corrected chi connectivity index (χ2v) is 8.08. The van der Waals surface area contributed by atoms with E-state index in [1.807, 2.05) is 24.3 Å². The van der Waals surface area contributed by atoms with Gasteiger partial charge in [-0.1, -0.05) is 47.2 Å². The molecule has 3 rings (SSSR count). The highest BCUT2D eigenvalue weighted by molar-refractivity contribution is 7.98. The van der Waals surface area contributed by atoms with Crippen LogP contribution in [0.15, 0.2) is 47.6 Å². The molecule has 0 unspecified atom stereocenters. The van der Waals surface area contributed by atoms with Crippen LogP contribution in [0.1, 0.15) is 41.8 Å². The zero-order chi connectivity index (χ0) is 20.6. The van der Waals surface area contributed by atoms with E-state index in [0.717, 1.165) is 53.7 Å². The van der Waals surface area contributed by atoms with Crippen molar-refractivity contribution in [2.75, 3.05) is 7.11 Å². The van der Waals surface area contributed by atoms with Crippen LogP contribution < -0.4 is 4.74 Å². The first-order valence-corrected chi connectivity index (χ1v) is 10.8. The van der Waals surface area contributed by atoms with E-state index in [2.05, 4.69) is 46.8 Å². The van der Waals surface area contributed by atoms with E-state index in [0.29, 0.717) is 6.42 Å². The van der Waals surface area contributed by atoms with Crippen molar-refractivity contribution in [3.63, 3.8) is 0 Å². The highest BCUT2D eigenvalue weighted by Gasteiger charge is 2.15. The number of carbonyl (C=O) groups is 1. The lowest BCUT2D eigenvalue weighted by atomic mass is 10.1. The number of benzene rings is 2. The summed E-state index contributed by atoms with van der Waals surface area (Å²) in [5, 5.41) is 9.79. The minimum atomic E-state index is 0.585. The van der Waals surface area contributed by atoms with Crippen LogP contribution in [-0.4, -0.2) is 28.2 Å². The Morgan fingerprint density at radius 1 is 1.07 bits per heavy atom. The second-order valence-electron chi connectivity index (χ2n) is 7.13. The zero-order valence-electron chi connectivity index (χ0n) is 17.2. The van der Waals surface area contributed by atoms with Gasteiger partial charge in [0.25, 0.3) is 0 Å². The molecule has 3 aromatic rings. The van der Waals surface area contributed by atoms with Gasteiger partial charge in [0.1, 0.15) is 17.9 Å². The Labute approximate surface area is 176 Å². The Balaban J connectivity index is 1.86. The first-order valence-electron chi connectivity index (χ1n) is 9.83. The van der Waals surface area contributed by atoms with Crippen molar-refractivity contribution in [2.45, 2.75) is 50.4 Å². The molecule has 0 aliphatic carbocycles. The predicted octanol–water partition coefficient (Wildman–Crippen LogP) is 5.10. The molecule has 1 aromatic heterocycles. The average molecular weight is 410 g/mol. The molecular weight excluding hydrogens is 382 g/mol. The van der Waals surface area contributed by atoms with Crippen molar-refractivity contribution < 1.29 is 9.53 Å². The molecule has 0 aliphatic rings. The molecule has 0 amide bonds. The standard InChI is InChI=1S/C23H27N3O2S/c1-17-12-18(2)14-19(13-17)16-29-23-25-24-22(10-5-4-6-11-27)26(23)20-8-7-9-21(15-20)28-3/h7-9,11-15H,4-6,10,16H2,1-3H3. The summed E-state index contributed by atoms with van der Waals surface area (Å²) < 4.78 is 7.51. The molecule has 2 aromatic carbocycles. The molecule has 5 nitrogen and oxygen atoms in total. The molecule has 1 heterocycles. The van der Waals surface area contributed by atoms with Crippen LogP contribution in [0.5, 0.6) is 5.75 Å². The molecule has 0 atom stereocenters. The number of nitrogens with zero attached hydrogens (tertiary/aromatic N) is 3. The number of hydrogen-bond acceptors (Lipinski definition) is 5. The summed E-state index contributed by atoms with van der Waals surface area (Å²) in [6.07, 6.45) is 4.10. The molecule has 152 valence electrons. The monoisotopic (exact) mass is 409 g/mol. The van der Waals surface area contributed by atoms with Crippen LogP contribution in [0, 0.1) is 13.8 Å². The van der Waals surface area contributed by atoms with Crippen LogP contribution in [-0.2, 0) is 17.0 Å². The molecular formula is C23H27N3O2S. The van der Waals surface area contributed by atoms with Crippen molar-refractivity contribution in [3.05, 3.63) is 65.0 Å². The molecule has 0 saturated heterocycles. The fourth-order valence-corrected chi connectivity index (χ4v) is 4.28. The molecule has 0 saturated carbocycles. The molecule has 0 aliphatic heterocycles. The molecule has 0 N–H and O–H groups in total. The lowest BCUT2D eigenvalue weighted by Gasteiger charge is -2.12. The first kappa shape index (κ1) is 21.1. The maximum Gasteiger partial charge on any atom is 0.196 e. The summed E-state index contributed by atoms with van der Waals surface area (Å²) in [5.74, 6) is 2.54. The number of aldehydes is 1. The van der Waals surface area contributed by atoms with Gasteiger partial charge in [-0.25, -0.2) is 0 Å². The fourth-order valence-electron chi connectivity index (χ4n) is 3.38. The Hall–Kier alpha value is -2.60. The molecule has 0 bridgehead atoms. The Morgan fingerprint density at radius 2 is 1.86 bits per heavy atom. The van der Waals surface area contributed by atoms with Crippen molar-refractivity contribution in [1.29, 1.82) is 0 Å². The third-order valence-electron chi connectivity index (χ3n) is 4.63. The molecule has 0 radical (unpaired) electrons. The minimum absolute atomic E-state index is 0.585. The van der Waals surface area contributed by atoms with E-state index in [1.165, 1.54) is 16.7 Å². The lowest BCUT2D eigenvalue weighted by molar-refractivity contribution is -0.107. The first-order chi connectivity index (χ1) is 14.1. The summed E-state index contributed by atoms with van der Waals surface area (Å²) in [6.45, 7) is 4.24. The number of ether oxygens (including phenoxy) is 1. The van der Waals surface area contributed by atoms with Gasteiger partial charge in [0, 0.05) is 24.7 Å². The quantitative estimate of drug-likeness (QED) is 0.265. The molecule has 29 heavy (non-hydrogen) atoms. The van der Waals surface area contributed by atoms with Crippen LogP contribution in [0.3, 0.4) is 0 Å². The van der Waals surface area contributed by atoms with E-state index in [1.54, 1.807) is 18.9 Å². The van der Waals surface area contributed by atoms with E-state index in [-0.39, 0.29) is 0 Å². The Morgan fingerprint density at radius 3 is 2.59 bits per heavy atom. The number of carbonyl (C=O) groups excluding carboxylic acids is 1. The fraction of sp³-hybridized carbons (Fsp3) is 0.348. The van der Waals surface area contributed by atoms with Crippen LogP contribution in [0.2, 0.25) is 0 Å². The van der Waals surface area contributed by atoms with Crippen LogP contribution >= 0.6 is 11.8 Å². The Bertz CT molecular complexity index is 948. The maximum atomic E-state index is 10.6. The number of aromatic nitrogens is 3. The topological polar surface area (TPSA) is 57.0 Å². The molecule has 0 fully saturated rings. The van der Waals surface area contributed by atoms with Crippen molar-refractivity contribution >= 4 is 18.0 Å². The van der Waals surface area contributed by atoms with Gasteiger partial charge < -0.3 is 9.53 Å². The highest BCUT2D eigenvalue weighted by Crippen LogP contribution is 2.28. The van der Waals surface area contributed by atoms with Gasteiger partial charge in [0.15, 0.2) is 5.16 Å². The van der Waals surface area contributed by atoms with Crippen molar-refractivity contribution in [1.82, 2.24) is 14.8 Å². The van der Waals surface area contributed by atoms with Gasteiger partial charge in [-0.15, -0.1) is 10.2 Å². The summed E-state index contributed by atoms with van der Waals surface area (Å²) in [4.78, 5) is 10.6. The SMILES string of the molecule is COc1cccc(-n2c(CCCCC=O)nnc2SCc2cc(C)cc(C)c2)c1. The van der Waals surface area contributed by atoms with Gasteiger partial charge in [-0.05, 0) is 44.4 Å². The van der Waals surface area contributed by atoms with E-state index in [9.17, 15) is 4.79 Å². The van der Waals surface area contributed by atoms with Crippen molar-refractivity contribution in [2.24, 2.45) is 0 Å². The van der Waals surface area contributed by atoms with E-state index in [4.69, 9.17) is 4.74 Å². The van der Waals surface area contributed by atoms with Crippen molar-refractivity contribution in [3.8, 4) is 11.4 Å². The van der Waals surface area contributed by atoms with Gasteiger partial charge in [-0.3, -0.25) is 4.57 Å². The summed E-state index contributed by atoms with van der Waals surface area (Å²) >= 11 is 1.68. The third-order valence-corrected chi connectivity index (χ3v) is 5.63. The largest absolute Gasteiger partial charge is 0.497 e. The van der Waals surface area contributed by atoms with E-state index < -0.39 is 0 Å². The predicted molar refractivity (Wildman–Crippen MR) is 117 cm³/mol. The smallest absolute Gasteiger partial charge is 0.196 e. The second kappa shape index (κ2) is 10.3. The number of unbranched alkanes of at least 4 members (excludes halogenated alkanes) is 2. The minimum Gasteiger partial charge on any atom is -0.497 e. The lowest BCUT2D eigenvalue weighted by Crippen LogP contribution is -2.04. The van der Waals surface area contributed by atoms with Gasteiger partial charge in [0.05, 0.1) is 12.8 Å². The van der Waals surface area contributed by atoms with Crippen LogP contribution in [0.25, 0.3) is 5.69 Å². The summed E-state index contributed by atoms with van der Waals surface area (Å²) in [6, 6.07) is 14.6. The van der Waals surface area contributed by atoms with E-state index >= 15 is 0 Å². The van der Waals surface area contributed by atoms with Gasteiger partial charge in [0.2, 0.25) is 0 Å². The normalized spacial score (nSPS) is 10.9. The number of methoxy groups -OCH3 is 1. The molecule has 0 spiro atoms.